The van der Waals surface area contributed by atoms with E-state index in [0.29, 0.717) is 5.69 Å². The summed E-state index contributed by atoms with van der Waals surface area (Å²) in [5.41, 5.74) is 0.0758. The SMILES string of the molecule is CN=C(NCCCCN1CCN(c2cccc(C(F)(F)F)c2)CC1)NCCSC.I. The van der Waals surface area contributed by atoms with Crippen molar-refractivity contribution in [3.05, 3.63) is 29.8 Å². The summed E-state index contributed by atoms with van der Waals surface area (Å²) >= 11 is 1.80. The van der Waals surface area contributed by atoms with Gasteiger partial charge in [-0.3, -0.25) is 9.89 Å². The van der Waals surface area contributed by atoms with Gasteiger partial charge in [-0.25, -0.2) is 0 Å². The zero-order valence-corrected chi connectivity index (χ0v) is 20.8. The van der Waals surface area contributed by atoms with Gasteiger partial charge in [0.25, 0.3) is 0 Å². The topological polar surface area (TPSA) is 42.9 Å². The summed E-state index contributed by atoms with van der Waals surface area (Å²) < 4.78 is 38.7. The first-order valence-corrected chi connectivity index (χ1v) is 11.4. The van der Waals surface area contributed by atoms with E-state index in [1.165, 1.54) is 12.1 Å². The first kappa shape index (κ1) is 27.2. The van der Waals surface area contributed by atoms with Crippen molar-refractivity contribution in [2.75, 3.05) is 69.8 Å². The number of hydrogen-bond donors (Lipinski definition) is 2. The Hall–Kier alpha value is -0.880. The van der Waals surface area contributed by atoms with Crippen LogP contribution in [-0.4, -0.2) is 75.7 Å². The van der Waals surface area contributed by atoms with E-state index < -0.39 is 11.7 Å². The molecule has 0 unspecified atom stereocenters. The molecule has 1 aliphatic rings. The Bertz CT molecular complexity index is 637. The second kappa shape index (κ2) is 14.2. The summed E-state index contributed by atoms with van der Waals surface area (Å²) in [6.45, 7) is 6.05. The molecule has 0 radical (unpaired) electrons. The molecule has 2 rings (SSSR count). The fourth-order valence-electron chi connectivity index (χ4n) is 3.27. The molecule has 1 aromatic carbocycles. The molecule has 2 N–H and O–H groups in total. The number of unbranched alkanes of at least 4 members (excludes halogenated alkanes) is 1. The Balaban J connectivity index is 0.00000450. The number of alkyl halides is 3. The zero-order chi connectivity index (χ0) is 21.1. The number of aliphatic imine (C=N–C) groups is 1. The van der Waals surface area contributed by atoms with Crippen LogP contribution in [0.3, 0.4) is 0 Å². The van der Waals surface area contributed by atoms with E-state index in [9.17, 15) is 13.2 Å². The van der Waals surface area contributed by atoms with Gasteiger partial charge in [0.2, 0.25) is 0 Å². The maximum atomic E-state index is 12.9. The van der Waals surface area contributed by atoms with Crippen molar-refractivity contribution in [1.29, 1.82) is 0 Å². The Morgan fingerprint density at radius 2 is 1.80 bits per heavy atom. The van der Waals surface area contributed by atoms with Gasteiger partial charge in [0.05, 0.1) is 5.56 Å². The second-order valence-corrected chi connectivity index (χ2v) is 7.99. The fraction of sp³-hybridized carbons (Fsp3) is 0.650. The summed E-state index contributed by atoms with van der Waals surface area (Å²) in [4.78, 5) is 8.63. The number of halogens is 4. The van der Waals surface area contributed by atoms with Crippen LogP contribution >= 0.6 is 35.7 Å². The lowest BCUT2D eigenvalue weighted by atomic mass is 10.1. The molecule has 0 spiro atoms. The van der Waals surface area contributed by atoms with Gasteiger partial charge in [-0.15, -0.1) is 24.0 Å². The normalized spacial score (nSPS) is 15.6. The molecule has 0 amide bonds. The highest BCUT2D eigenvalue weighted by atomic mass is 127. The van der Waals surface area contributed by atoms with Gasteiger partial charge < -0.3 is 15.5 Å². The third-order valence-corrected chi connectivity index (χ3v) is 5.54. The monoisotopic (exact) mass is 559 g/mol. The summed E-state index contributed by atoms with van der Waals surface area (Å²) in [5, 5.41) is 6.60. The van der Waals surface area contributed by atoms with Crippen LogP contribution in [0.4, 0.5) is 18.9 Å². The average Bonchev–Trinajstić information content (AvgIpc) is 2.72. The van der Waals surface area contributed by atoms with Crippen LogP contribution in [0.5, 0.6) is 0 Å². The van der Waals surface area contributed by atoms with Crippen LogP contribution in [-0.2, 0) is 6.18 Å². The maximum Gasteiger partial charge on any atom is 0.416 e. The Morgan fingerprint density at radius 1 is 1.10 bits per heavy atom. The molecule has 1 heterocycles. The second-order valence-electron chi connectivity index (χ2n) is 7.00. The standard InChI is InChI=1S/C20H32F3N5S.HI/c1-24-19(26-9-15-29-2)25-8-3-4-10-27-11-13-28(14-12-27)18-7-5-6-17(16-18)20(21,22)23;/h5-7,16H,3-4,8-15H2,1-2H3,(H2,24,25,26);1H. The highest BCUT2D eigenvalue weighted by Gasteiger charge is 2.31. The summed E-state index contributed by atoms with van der Waals surface area (Å²) in [5.74, 6) is 1.89. The quantitative estimate of drug-likeness (QED) is 0.209. The summed E-state index contributed by atoms with van der Waals surface area (Å²) in [6, 6.07) is 5.63. The minimum absolute atomic E-state index is 0. The maximum absolute atomic E-state index is 12.9. The molecule has 10 heteroatoms. The molecule has 0 bridgehead atoms. The van der Waals surface area contributed by atoms with E-state index in [0.717, 1.165) is 76.4 Å². The van der Waals surface area contributed by atoms with Crippen LogP contribution in [0.2, 0.25) is 0 Å². The Kier molecular flexibility index (Phi) is 12.9. The largest absolute Gasteiger partial charge is 0.416 e. The van der Waals surface area contributed by atoms with Crippen LogP contribution in [0.15, 0.2) is 29.3 Å². The van der Waals surface area contributed by atoms with Gasteiger partial charge in [-0.2, -0.15) is 24.9 Å². The van der Waals surface area contributed by atoms with Gasteiger partial charge in [0.15, 0.2) is 5.96 Å². The molecule has 1 aliphatic heterocycles. The van der Waals surface area contributed by atoms with Crippen LogP contribution in [0.25, 0.3) is 0 Å². The van der Waals surface area contributed by atoms with Crippen molar-refractivity contribution in [3.8, 4) is 0 Å². The van der Waals surface area contributed by atoms with Crippen molar-refractivity contribution in [1.82, 2.24) is 15.5 Å². The molecule has 0 saturated carbocycles. The number of benzene rings is 1. The molecular weight excluding hydrogens is 526 g/mol. The first-order valence-electron chi connectivity index (χ1n) is 10.0. The van der Waals surface area contributed by atoms with Gasteiger partial charge >= 0.3 is 6.18 Å². The lowest BCUT2D eigenvalue weighted by Gasteiger charge is -2.36. The van der Waals surface area contributed by atoms with Crippen molar-refractivity contribution >= 4 is 47.4 Å². The van der Waals surface area contributed by atoms with Crippen LogP contribution in [0, 0.1) is 0 Å². The summed E-state index contributed by atoms with van der Waals surface area (Å²) in [7, 11) is 1.78. The minimum Gasteiger partial charge on any atom is -0.369 e. The first-order chi connectivity index (χ1) is 13.9. The fourth-order valence-corrected chi connectivity index (χ4v) is 3.57. The molecular formula is C20H33F3IN5S. The molecule has 1 saturated heterocycles. The van der Waals surface area contributed by atoms with Crippen molar-refractivity contribution in [3.63, 3.8) is 0 Å². The highest BCUT2D eigenvalue weighted by Crippen LogP contribution is 2.31. The predicted molar refractivity (Wildman–Crippen MR) is 132 cm³/mol. The number of hydrogen-bond acceptors (Lipinski definition) is 4. The Labute approximate surface area is 199 Å². The van der Waals surface area contributed by atoms with E-state index in [1.807, 2.05) is 4.90 Å². The number of anilines is 1. The van der Waals surface area contributed by atoms with Gasteiger partial charge in [-0.1, -0.05) is 6.07 Å². The molecule has 0 aliphatic carbocycles. The van der Waals surface area contributed by atoms with E-state index in [4.69, 9.17) is 0 Å². The third-order valence-electron chi connectivity index (χ3n) is 4.93. The van der Waals surface area contributed by atoms with E-state index in [1.54, 1.807) is 24.9 Å². The van der Waals surface area contributed by atoms with E-state index >= 15 is 0 Å². The molecule has 30 heavy (non-hydrogen) atoms. The van der Waals surface area contributed by atoms with E-state index in [-0.39, 0.29) is 24.0 Å². The third kappa shape index (κ3) is 9.51. The number of nitrogens with one attached hydrogen (secondary N) is 2. The molecule has 1 aromatic rings. The van der Waals surface area contributed by atoms with Crippen molar-refractivity contribution in [2.45, 2.75) is 19.0 Å². The smallest absolute Gasteiger partial charge is 0.369 e. The number of guanidine groups is 1. The van der Waals surface area contributed by atoms with Gasteiger partial charge in [-0.05, 0) is 43.8 Å². The lowest BCUT2D eigenvalue weighted by Crippen LogP contribution is -2.46. The number of piperazine rings is 1. The van der Waals surface area contributed by atoms with Crippen LogP contribution in [0.1, 0.15) is 18.4 Å². The lowest BCUT2D eigenvalue weighted by molar-refractivity contribution is -0.137. The van der Waals surface area contributed by atoms with E-state index in [2.05, 4.69) is 26.8 Å². The molecule has 5 nitrogen and oxygen atoms in total. The zero-order valence-electron chi connectivity index (χ0n) is 17.7. The number of thioether (sulfide) groups is 1. The predicted octanol–water partition coefficient (Wildman–Crippen LogP) is 3.75. The van der Waals surface area contributed by atoms with Gasteiger partial charge in [0, 0.05) is 57.8 Å². The molecule has 172 valence electrons. The van der Waals surface area contributed by atoms with Gasteiger partial charge in [0.1, 0.15) is 0 Å². The number of nitrogens with zero attached hydrogens (tertiary/aromatic N) is 3. The van der Waals surface area contributed by atoms with Crippen molar-refractivity contribution in [2.24, 2.45) is 4.99 Å². The highest BCUT2D eigenvalue weighted by molar-refractivity contribution is 14.0. The summed E-state index contributed by atoms with van der Waals surface area (Å²) in [6.07, 6.45) is -0.0779. The molecule has 1 fully saturated rings. The number of rotatable bonds is 9. The van der Waals surface area contributed by atoms with Crippen molar-refractivity contribution < 1.29 is 13.2 Å². The Morgan fingerprint density at radius 3 is 2.43 bits per heavy atom. The molecule has 0 aromatic heterocycles. The van der Waals surface area contributed by atoms with Crippen LogP contribution < -0.4 is 15.5 Å². The minimum atomic E-state index is -4.29. The molecule has 0 atom stereocenters. The average molecular weight is 559 g/mol.